The van der Waals surface area contributed by atoms with E-state index in [1.807, 2.05) is 0 Å². The molecule has 4 nitrogen and oxygen atoms in total. The van der Waals surface area contributed by atoms with Crippen LogP contribution in [0.2, 0.25) is 0 Å². The molecule has 19 heavy (non-hydrogen) atoms. The van der Waals surface area contributed by atoms with Crippen LogP contribution >= 0.6 is 0 Å². The van der Waals surface area contributed by atoms with Gasteiger partial charge in [0.1, 0.15) is 0 Å². The lowest BCUT2D eigenvalue weighted by Gasteiger charge is -2.28. The van der Waals surface area contributed by atoms with Crippen molar-refractivity contribution < 1.29 is 4.79 Å². The van der Waals surface area contributed by atoms with E-state index in [-0.39, 0.29) is 0 Å². The third-order valence-corrected chi connectivity index (χ3v) is 4.39. The minimum absolute atomic E-state index is 0.372. The molecule has 0 spiro atoms. The normalized spacial score (nSPS) is 28.1. The molecule has 0 aromatic rings. The topological polar surface area (TPSA) is 35.6 Å². The van der Waals surface area contributed by atoms with Gasteiger partial charge in [-0.15, -0.1) is 0 Å². The zero-order valence-electron chi connectivity index (χ0n) is 12.5. The van der Waals surface area contributed by atoms with Crippen LogP contribution in [0.4, 0.5) is 0 Å². The van der Waals surface area contributed by atoms with E-state index in [1.54, 1.807) is 0 Å². The van der Waals surface area contributed by atoms with E-state index in [0.29, 0.717) is 18.0 Å². The molecular formula is C15H29N3O. The van der Waals surface area contributed by atoms with Crippen LogP contribution in [0.5, 0.6) is 0 Å². The van der Waals surface area contributed by atoms with Crippen molar-refractivity contribution in [2.24, 2.45) is 0 Å². The van der Waals surface area contributed by atoms with Gasteiger partial charge in [0.05, 0.1) is 0 Å². The van der Waals surface area contributed by atoms with Crippen LogP contribution in [0, 0.1) is 0 Å². The number of carbonyl (C=O) groups is 1. The number of piperidine rings is 1. The minimum Gasteiger partial charge on any atom is -0.338 e. The van der Waals surface area contributed by atoms with E-state index >= 15 is 0 Å². The molecule has 2 saturated heterocycles. The second-order valence-electron chi connectivity index (χ2n) is 6.33. The summed E-state index contributed by atoms with van der Waals surface area (Å²) in [6, 6.07) is 1.02. The highest BCUT2D eigenvalue weighted by Crippen LogP contribution is 2.20. The van der Waals surface area contributed by atoms with Crippen molar-refractivity contribution in [1.29, 1.82) is 0 Å². The largest absolute Gasteiger partial charge is 0.338 e. The molecule has 0 aromatic carbocycles. The summed E-state index contributed by atoms with van der Waals surface area (Å²) in [7, 11) is 4.18. The molecule has 2 heterocycles. The maximum atomic E-state index is 12.4. The number of rotatable bonds is 5. The van der Waals surface area contributed by atoms with Gasteiger partial charge in [-0.1, -0.05) is 6.42 Å². The Morgan fingerprint density at radius 2 is 2.11 bits per heavy atom. The molecule has 0 aliphatic carbocycles. The Balaban J connectivity index is 1.75. The summed E-state index contributed by atoms with van der Waals surface area (Å²) in [6.45, 7) is 3.11. The highest BCUT2D eigenvalue weighted by molar-refractivity contribution is 5.76. The molecule has 0 bridgehead atoms. The third kappa shape index (κ3) is 4.46. The quantitative estimate of drug-likeness (QED) is 0.819. The first-order chi connectivity index (χ1) is 9.16. The highest BCUT2D eigenvalue weighted by atomic mass is 16.2. The zero-order chi connectivity index (χ0) is 13.7. The van der Waals surface area contributed by atoms with Gasteiger partial charge in [-0.3, -0.25) is 4.79 Å². The van der Waals surface area contributed by atoms with E-state index < -0.39 is 0 Å². The molecule has 0 aromatic heterocycles. The number of hydrogen-bond donors (Lipinski definition) is 1. The average molecular weight is 267 g/mol. The summed E-state index contributed by atoms with van der Waals surface area (Å²) in [5.41, 5.74) is 0. The average Bonchev–Trinajstić information content (AvgIpc) is 2.84. The van der Waals surface area contributed by atoms with Crippen LogP contribution in [-0.4, -0.2) is 61.5 Å². The highest BCUT2D eigenvalue weighted by Gasteiger charge is 2.29. The molecule has 2 atom stereocenters. The SMILES string of the molecule is CN(C)CC1CCCN1C(=O)CCC1CCCCN1. The maximum Gasteiger partial charge on any atom is 0.222 e. The minimum atomic E-state index is 0.372. The van der Waals surface area contributed by atoms with Crippen LogP contribution < -0.4 is 5.32 Å². The second-order valence-corrected chi connectivity index (χ2v) is 6.33. The fourth-order valence-electron chi connectivity index (χ4n) is 3.39. The smallest absolute Gasteiger partial charge is 0.222 e. The van der Waals surface area contributed by atoms with Crippen LogP contribution in [-0.2, 0) is 4.79 Å². The Morgan fingerprint density at radius 3 is 2.79 bits per heavy atom. The molecule has 2 unspecified atom stereocenters. The number of likely N-dealkylation sites (tertiary alicyclic amines) is 1. The number of likely N-dealkylation sites (N-methyl/N-ethyl adjacent to an activating group) is 1. The standard InChI is InChI=1S/C15H29N3O/c1-17(2)12-14-7-5-11-18(14)15(19)9-8-13-6-3-4-10-16-13/h13-14,16H,3-12H2,1-2H3. The van der Waals surface area contributed by atoms with Gasteiger partial charge in [-0.05, 0) is 52.7 Å². The van der Waals surface area contributed by atoms with E-state index in [0.717, 1.165) is 32.5 Å². The van der Waals surface area contributed by atoms with Gasteiger partial charge in [0.25, 0.3) is 0 Å². The maximum absolute atomic E-state index is 12.4. The summed E-state index contributed by atoms with van der Waals surface area (Å²) >= 11 is 0. The first kappa shape index (κ1) is 14.8. The summed E-state index contributed by atoms with van der Waals surface area (Å²) in [4.78, 5) is 16.7. The molecule has 2 aliphatic rings. The van der Waals surface area contributed by atoms with Crippen molar-refractivity contribution in [3.8, 4) is 0 Å². The van der Waals surface area contributed by atoms with E-state index in [9.17, 15) is 4.79 Å². The summed E-state index contributed by atoms with van der Waals surface area (Å²) in [5.74, 6) is 0.372. The molecular weight excluding hydrogens is 238 g/mol. The molecule has 1 N–H and O–H groups in total. The fourth-order valence-corrected chi connectivity index (χ4v) is 3.39. The van der Waals surface area contributed by atoms with Gasteiger partial charge in [-0.2, -0.15) is 0 Å². The van der Waals surface area contributed by atoms with Crippen LogP contribution in [0.15, 0.2) is 0 Å². The van der Waals surface area contributed by atoms with Crippen LogP contribution in [0.25, 0.3) is 0 Å². The lowest BCUT2D eigenvalue weighted by Crippen LogP contribution is -2.42. The first-order valence-electron chi connectivity index (χ1n) is 7.84. The van der Waals surface area contributed by atoms with Gasteiger partial charge in [0.2, 0.25) is 5.91 Å². The third-order valence-electron chi connectivity index (χ3n) is 4.39. The molecule has 2 rings (SSSR count). The van der Waals surface area contributed by atoms with Crippen molar-refractivity contribution >= 4 is 5.91 Å². The number of amides is 1. The van der Waals surface area contributed by atoms with Gasteiger partial charge >= 0.3 is 0 Å². The fraction of sp³-hybridized carbons (Fsp3) is 0.933. The molecule has 4 heteroatoms. The van der Waals surface area contributed by atoms with Crippen molar-refractivity contribution in [3.05, 3.63) is 0 Å². The molecule has 2 aliphatic heterocycles. The van der Waals surface area contributed by atoms with Crippen molar-refractivity contribution in [1.82, 2.24) is 15.1 Å². The van der Waals surface area contributed by atoms with Crippen molar-refractivity contribution in [2.45, 2.75) is 57.0 Å². The lowest BCUT2D eigenvalue weighted by molar-refractivity contribution is -0.132. The number of nitrogens with one attached hydrogen (secondary N) is 1. The van der Waals surface area contributed by atoms with Gasteiger partial charge < -0.3 is 15.1 Å². The second kappa shape index (κ2) is 7.25. The Morgan fingerprint density at radius 1 is 1.26 bits per heavy atom. The van der Waals surface area contributed by atoms with E-state index in [1.165, 1.54) is 32.1 Å². The number of hydrogen-bond acceptors (Lipinski definition) is 3. The molecule has 2 fully saturated rings. The van der Waals surface area contributed by atoms with E-state index in [4.69, 9.17) is 0 Å². The van der Waals surface area contributed by atoms with Crippen LogP contribution in [0.3, 0.4) is 0 Å². The van der Waals surface area contributed by atoms with Crippen LogP contribution in [0.1, 0.15) is 44.9 Å². The molecule has 0 radical (unpaired) electrons. The zero-order valence-corrected chi connectivity index (χ0v) is 12.5. The van der Waals surface area contributed by atoms with Gasteiger partial charge in [-0.25, -0.2) is 0 Å². The predicted octanol–water partition coefficient (Wildman–Crippen LogP) is 1.46. The Labute approximate surface area is 117 Å². The van der Waals surface area contributed by atoms with E-state index in [2.05, 4.69) is 29.2 Å². The molecule has 1 amide bonds. The van der Waals surface area contributed by atoms with Crippen molar-refractivity contribution in [2.75, 3.05) is 33.7 Å². The molecule has 110 valence electrons. The van der Waals surface area contributed by atoms with Gasteiger partial charge in [0, 0.05) is 31.6 Å². The predicted molar refractivity (Wildman–Crippen MR) is 78.2 cm³/mol. The summed E-state index contributed by atoms with van der Waals surface area (Å²) in [5, 5.41) is 3.53. The molecule has 0 saturated carbocycles. The Bertz CT molecular complexity index is 287. The Kier molecular flexibility index (Phi) is 5.64. The first-order valence-corrected chi connectivity index (χ1v) is 7.84. The monoisotopic (exact) mass is 267 g/mol. The Hall–Kier alpha value is -0.610. The summed E-state index contributed by atoms with van der Waals surface area (Å²) < 4.78 is 0. The number of nitrogens with zero attached hydrogens (tertiary/aromatic N) is 2. The van der Waals surface area contributed by atoms with Gasteiger partial charge in [0.15, 0.2) is 0 Å². The number of carbonyl (C=O) groups excluding carboxylic acids is 1. The van der Waals surface area contributed by atoms with Crippen molar-refractivity contribution in [3.63, 3.8) is 0 Å². The summed E-state index contributed by atoms with van der Waals surface area (Å²) in [6.07, 6.45) is 7.94. The lowest BCUT2D eigenvalue weighted by atomic mass is 10.0.